The maximum Gasteiger partial charge on any atom is 0.211 e. The summed E-state index contributed by atoms with van der Waals surface area (Å²) in [5, 5.41) is 26.3. The first-order valence-electron chi connectivity index (χ1n) is 22.1. The van der Waals surface area contributed by atoms with E-state index in [1.54, 1.807) is 54.6 Å². The van der Waals surface area contributed by atoms with Crippen molar-refractivity contribution in [2.45, 2.75) is 0 Å². The molecule has 0 aliphatic rings. The minimum atomic E-state index is 0.371. The Kier molecular flexibility index (Phi) is 9.24. The van der Waals surface area contributed by atoms with Gasteiger partial charge < -0.3 is 18.6 Å². The summed E-state index contributed by atoms with van der Waals surface area (Å²) in [5.41, 5.74) is 11.4. The highest BCUT2D eigenvalue weighted by atomic mass is 15.1. The lowest BCUT2D eigenvalue weighted by Crippen LogP contribution is -2.10. The van der Waals surface area contributed by atoms with Crippen LogP contribution < -0.4 is 4.90 Å². The Bertz CT molecular complexity index is 3960. The zero-order valence-corrected chi connectivity index (χ0v) is 36.8. The summed E-state index contributed by atoms with van der Waals surface area (Å²) in [7, 11) is 0. The van der Waals surface area contributed by atoms with Crippen LogP contribution in [0.3, 0.4) is 0 Å². The summed E-state index contributed by atoms with van der Waals surface area (Å²) in [4.78, 5) is 17.6. The maximum atomic E-state index is 10.3. The number of fused-ring (bicyclic) bond motifs is 9. The summed E-state index contributed by atoms with van der Waals surface area (Å²) in [5.74, 6) is 0. The molecule has 10 heteroatoms. The molecule has 12 rings (SSSR count). The summed E-state index contributed by atoms with van der Waals surface area (Å²) in [6.45, 7) is 32.4. The van der Waals surface area contributed by atoms with E-state index in [9.17, 15) is 10.5 Å². The van der Waals surface area contributed by atoms with Gasteiger partial charge in [-0.1, -0.05) is 97.1 Å². The Labute approximate surface area is 400 Å². The lowest BCUT2D eigenvalue weighted by atomic mass is 10.1. The minimum Gasteiger partial charge on any atom is -0.329 e. The van der Waals surface area contributed by atoms with Crippen molar-refractivity contribution in [2.75, 3.05) is 4.90 Å². The molecule has 12 aromatic rings. The van der Waals surface area contributed by atoms with E-state index in [1.807, 2.05) is 80.4 Å². The third-order valence-corrected chi connectivity index (χ3v) is 13.2. The standard InChI is InChI=1S/C60H30N10/c1-63-48-19-11-14-37(35-61)58(48)68-52-23-8-5-16-42(52)45-32-39(26-29-55(45)68)67(40-27-30-56-46(33-40)43-17-6-9-24-53(43)69(56)59-38(36-62)15-12-20-49(59)64-2)41-28-31-57-47(34-41)44-18-7-10-25-54(44)70(57)60-50(65-3)21-13-22-51(60)66-4/h5-34H. The van der Waals surface area contributed by atoms with Crippen molar-refractivity contribution in [1.82, 2.24) is 13.7 Å². The van der Waals surface area contributed by atoms with Gasteiger partial charge in [0.1, 0.15) is 0 Å². The smallest absolute Gasteiger partial charge is 0.211 e. The predicted molar refractivity (Wildman–Crippen MR) is 279 cm³/mol. The number of nitriles is 2. The molecule has 3 heterocycles. The quantitative estimate of drug-likeness (QED) is 0.156. The average molecular weight is 891 g/mol. The molecule has 0 saturated carbocycles. The second kappa shape index (κ2) is 15.9. The van der Waals surface area contributed by atoms with E-state index >= 15 is 0 Å². The number of para-hydroxylation sites is 6. The number of hydrogen-bond acceptors (Lipinski definition) is 3. The zero-order valence-electron chi connectivity index (χ0n) is 36.8. The van der Waals surface area contributed by atoms with Gasteiger partial charge in [0.05, 0.1) is 99.7 Å². The molecule has 0 spiro atoms. The number of rotatable bonds is 6. The van der Waals surface area contributed by atoms with Crippen LogP contribution in [0.1, 0.15) is 11.1 Å². The van der Waals surface area contributed by atoms with E-state index in [4.69, 9.17) is 26.3 Å². The number of hydrogen-bond donors (Lipinski definition) is 0. The molecule has 3 aromatic heterocycles. The van der Waals surface area contributed by atoms with Gasteiger partial charge in [-0.2, -0.15) is 10.5 Å². The van der Waals surface area contributed by atoms with Gasteiger partial charge in [-0.25, -0.2) is 19.4 Å². The molecule has 9 aromatic carbocycles. The Morgan fingerprint density at radius 1 is 0.329 bits per heavy atom. The summed E-state index contributed by atoms with van der Waals surface area (Å²) >= 11 is 0. The maximum absolute atomic E-state index is 10.3. The average Bonchev–Trinajstić information content (AvgIpc) is 4.04. The molecule has 320 valence electrons. The SMILES string of the molecule is [C-]#[N+]c1cccc(C#N)c1-n1c2ccccc2c2cc(N(c3ccc4c(c3)c3ccccc3n4-c3c(C#N)cccc3[N+]#[C-])c3ccc4c(c3)c3ccccc3n4-c3c([N+]#[C-])cccc3[N+]#[C-])ccc21. The highest BCUT2D eigenvalue weighted by Crippen LogP contribution is 2.47. The molecule has 70 heavy (non-hydrogen) atoms. The van der Waals surface area contributed by atoms with Crippen molar-refractivity contribution in [2.24, 2.45) is 0 Å². The van der Waals surface area contributed by atoms with Gasteiger partial charge in [0.15, 0.2) is 11.4 Å². The lowest BCUT2D eigenvalue weighted by molar-refractivity contribution is 1.17. The molecule has 0 saturated heterocycles. The van der Waals surface area contributed by atoms with Crippen LogP contribution in [0.25, 0.3) is 102 Å². The molecule has 0 atom stereocenters. The summed E-state index contributed by atoms with van der Waals surface area (Å²) < 4.78 is 6.05. The molecule has 0 bridgehead atoms. The first-order valence-corrected chi connectivity index (χ1v) is 22.1. The Hall–Kier alpha value is -10.9. The molecule has 0 amide bonds. The summed E-state index contributed by atoms with van der Waals surface area (Å²) in [6, 6.07) is 63.2. The molecule has 0 N–H and O–H groups in total. The van der Waals surface area contributed by atoms with Gasteiger partial charge in [0.25, 0.3) is 0 Å². The van der Waals surface area contributed by atoms with Crippen LogP contribution in [0.4, 0.5) is 39.8 Å². The monoisotopic (exact) mass is 890 g/mol. The fraction of sp³-hybridized carbons (Fsp3) is 0. The van der Waals surface area contributed by atoms with Crippen molar-refractivity contribution < 1.29 is 0 Å². The molecular formula is C60H30N10. The van der Waals surface area contributed by atoms with E-state index in [0.29, 0.717) is 50.9 Å². The van der Waals surface area contributed by atoms with Gasteiger partial charge in [0, 0.05) is 49.4 Å². The largest absolute Gasteiger partial charge is 0.329 e. The summed E-state index contributed by atoms with van der Waals surface area (Å²) in [6.07, 6.45) is 0. The third kappa shape index (κ3) is 5.87. The van der Waals surface area contributed by atoms with Crippen molar-refractivity contribution in [1.29, 1.82) is 10.5 Å². The zero-order chi connectivity index (χ0) is 47.6. The van der Waals surface area contributed by atoms with Crippen molar-refractivity contribution in [3.05, 3.63) is 239 Å². The fourth-order valence-corrected chi connectivity index (χ4v) is 10.3. The molecular weight excluding hydrogens is 861 g/mol. The number of nitrogens with zero attached hydrogens (tertiary/aromatic N) is 10. The van der Waals surface area contributed by atoms with Gasteiger partial charge in [-0.05, 0) is 84.9 Å². The van der Waals surface area contributed by atoms with Crippen molar-refractivity contribution in [3.8, 4) is 29.2 Å². The van der Waals surface area contributed by atoms with E-state index in [1.165, 1.54) is 0 Å². The van der Waals surface area contributed by atoms with Crippen LogP contribution >= 0.6 is 0 Å². The molecule has 0 radical (unpaired) electrons. The predicted octanol–water partition coefficient (Wildman–Crippen LogP) is 16.4. The number of aromatic nitrogens is 3. The molecule has 0 unspecified atom stereocenters. The molecule has 0 aliphatic heterocycles. The van der Waals surface area contributed by atoms with E-state index in [2.05, 4.69) is 97.1 Å². The minimum absolute atomic E-state index is 0.371. The highest BCUT2D eigenvalue weighted by Gasteiger charge is 2.25. The van der Waals surface area contributed by atoms with Crippen LogP contribution in [0, 0.1) is 49.0 Å². The lowest BCUT2D eigenvalue weighted by Gasteiger charge is -2.26. The Morgan fingerprint density at radius 2 is 0.629 bits per heavy atom. The van der Waals surface area contributed by atoms with Crippen LogP contribution in [0.15, 0.2) is 182 Å². The third-order valence-electron chi connectivity index (χ3n) is 13.2. The van der Waals surface area contributed by atoms with Gasteiger partial charge in [-0.15, -0.1) is 0 Å². The molecule has 0 fully saturated rings. The van der Waals surface area contributed by atoms with Gasteiger partial charge in [0.2, 0.25) is 11.4 Å². The molecule has 10 nitrogen and oxygen atoms in total. The molecule has 0 aliphatic carbocycles. The first-order chi connectivity index (χ1) is 34.5. The first kappa shape index (κ1) is 40.6. The van der Waals surface area contributed by atoms with E-state index in [-0.39, 0.29) is 0 Å². The van der Waals surface area contributed by atoms with E-state index in [0.717, 1.165) is 82.5 Å². The second-order valence-corrected chi connectivity index (χ2v) is 16.7. The van der Waals surface area contributed by atoms with Crippen molar-refractivity contribution >= 4 is 105 Å². The Morgan fingerprint density at radius 3 is 0.971 bits per heavy atom. The van der Waals surface area contributed by atoms with Crippen molar-refractivity contribution in [3.63, 3.8) is 0 Å². The highest BCUT2D eigenvalue weighted by molar-refractivity contribution is 6.15. The number of benzene rings is 9. The van der Waals surface area contributed by atoms with E-state index < -0.39 is 0 Å². The van der Waals surface area contributed by atoms with Crippen LogP contribution in [0.5, 0.6) is 0 Å². The second-order valence-electron chi connectivity index (χ2n) is 16.7. The normalized spacial score (nSPS) is 11.1. The Balaban J connectivity index is 1.16. The van der Waals surface area contributed by atoms with Crippen LogP contribution in [0.2, 0.25) is 0 Å². The number of anilines is 3. The topological polar surface area (TPSA) is 83.0 Å². The fourth-order valence-electron chi connectivity index (χ4n) is 10.3. The van der Waals surface area contributed by atoms with Gasteiger partial charge >= 0.3 is 0 Å². The van der Waals surface area contributed by atoms with Crippen LogP contribution in [-0.2, 0) is 0 Å². The van der Waals surface area contributed by atoms with Crippen LogP contribution in [-0.4, -0.2) is 13.7 Å². The van der Waals surface area contributed by atoms with Gasteiger partial charge in [-0.3, -0.25) is 0 Å².